The Morgan fingerprint density at radius 1 is 1.29 bits per heavy atom. The third-order valence-corrected chi connectivity index (χ3v) is 7.94. The number of amides is 3. The minimum atomic E-state index is -4.90. The number of ether oxygens (including phenoxy) is 1. The molecule has 3 rings (SSSR count). The molecule has 0 bridgehead atoms. The van der Waals surface area contributed by atoms with Crippen LogP contribution < -0.4 is 40.2 Å². The van der Waals surface area contributed by atoms with Crippen LogP contribution in [0.15, 0.2) is 34.8 Å². The number of nitrogens with one attached hydrogen (secondary N) is 2. The van der Waals surface area contributed by atoms with E-state index in [1.165, 1.54) is 43.5 Å². The SMILES string of the molecule is CC(C)C1C(NC(=O)/C(=N\OC(C)(C)C(=O)OCc2ccc([N+](=O)[O-])cc2)c2csc(NC(=O)CCl)n2)C(=O)N1S(=O)(=O)O.[H-].[Na+]. The maximum absolute atomic E-state index is 13.4. The Morgan fingerprint density at radius 2 is 1.91 bits per heavy atom. The molecule has 3 N–H and O–H groups in total. The van der Waals surface area contributed by atoms with Crippen LogP contribution >= 0.6 is 22.9 Å². The van der Waals surface area contributed by atoms with Gasteiger partial charge in [0.1, 0.15) is 24.2 Å². The molecule has 21 heteroatoms. The zero-order chi connectivity index (χ0) is 33.0. The van der Waals surface area contributed by atoms with Crippen LogP contribution in [0.2, 0.25) is 0 Å². The van der Waals surface area contributed by atoms with Crippen LogP contribution in [-0.2, 0) is 45.7 Å². The molecule has 3 amide bonds. The van der Waals surface area contributed by atoms with E-state index in [0.717, 1.165) is 11.3 Å². The van der Waals surface area contributed by atoms with Crippen molar-refractivity contribution in [2.75, 3.05) is 11.2 Å². The predicted molar refractivity (Wildman–Crippen MR) is 156 cm³/mol. The fourth-order valence-electron chi connectivity index (χ4n) is 3.79. The van der Waals surface area contributed by atoms with Gasteiger partial charge in [-0.3, -0.25) is 29.1 Å². The van der Waals surface area contributed by atoms with Crippen molar-refractivity contribution in [1.82, 2.24) is 14.6 Å². The van der Waals surface area contributed by atoms with Gasteiger partial charge in [0.05, 0.1) is 11.0 Å². The van der Waals surface area contributed by atoms with Crippen molar-refractivity contribution in [2.24, 2.45) is 11.1 Å². The standard InChI is InChI=1S/C24H27ClN6O11S2.Na.H/c1-12(2)19-18(21(34)30(19)44(38,39)40)28-20(33)17(15-11-43-23(26-15)27-16(32)9-25)29-42-24(3,4)22(35)41-10-13-5-7-14(8-6-13)31(36)37;;/h5-8,11-12,18-19H,9-10H2,1-4H3,(H,28,33)(H,26,27,32)(H,38,39,40);;/q;+1;-1/b29-17-;;. The molecule has 1 saturated heterocycles. The largest absolute Gasteiger partial charge is 1.00 e. The number of alkyl halides is 1. The first-order chi connectivity index (χ1) is 20.5. The molecule has 2 atom stereocenters. The molecule has 2 aromatic rings. The Hall–Kier alpha value is -3.20. The van der Waals surface area contributed by atoms with Crippen LogP contribution in [0, 0.1) is 16.0 Å². The van der Waals surface area contributed by atoms with Gasteiger partial charge in [-0.2, -0.15) is 8.42 Å². The van der Waals surface area contributed by atoms with Gasteiger partial charge in [0.15, 0.2) is 10.8 Å². The zero-order valence-electron chi connectivity index (χ0n) is 25.5. The normalized spacial score (nSPS) is 16.7. The molecule has 2 heterocycles. The van der Waals surface area contributed by atoms with Crippen molar-refractivity contribution in [3.8, 4) is 0 Å². The number of nitro benzene ring substituents is 1. The Labute approximate surface area is 289 Å². The third-order valence-electron chi connectivity index (χ3n) is 6.02. The summed E-state index contributed by atoms with van der Waals surface area (Å²) in [6, 6.07) is 2.79. The van der Waals surface area contributed by atoms with E-state index >= 15 is 0 Å². The Balaban J connectivity index is 0.00000529. The van der Waals surface area contributed by atoms with E-state index in [1.807, 2.05) is 0 Å². The number of benzene rings is 1. The van der Waals surface area contributed by atoms with Crippen LogP contribution in [0.1, 0.15) is 40.4 Å². The predicted octanol–water partition coefficient (Wildman–Crippen LogP) is -1.26. The summed E-state index contributed by atoms with van der Waals surface area (Å²) < 4.78 is 38.3. The molecular formula is C24H28ClN6NaO11S2. The number of aromatic nitrogens is 1. The van der Waals surface area contributed by atoms with Crippen molar-refractivity contribution < 1.29 is 77.6 Å². The number of esters is 1. The molecule has 0 saturated carbocycles. The van der Waals surface area contributed by atoms with Gasteiger partial charge in [-0.15, -0.1) is 22.9 Å². The number of hydrogen-bond donors (Lipinski definition) is 3. The molecule has 1 aliphatic rings. The maximum atomic E-state index is 13.4. The second kappa shape index (κ2) is 15.4. The molecule has 0 radical (unpaired) electrons. The van der Waals surface area contributed by atoms with E-state index in [2.05, 4.69) is 20.8 Å². The molecule has 0 spiro atoms. The number of halogens is 1. The number of carbonyl (C=O) groups is 4. The molecule has 17 nitrogen and oxygen atoms in total. The summed E-state index contributed by atoms with van der Waals surface area (Å²) in [6.07, 6.45) is 0. The van der Waals surface area contributed by atoms with Crippen molar-refractivity contribution in [2.45, 2.75) is 52.0 Å². The molecule has 1 aromatic heterocycles. The third kappa shape index (κ3) is 9.41. The molecule has 45 heavy (non-hydrogen) atoms. The average molecular weight is 699 g/mol. The Morgan fingerprint density at radius 3 is 2.44 bits per heavy atom. The number of oxime groups is 1. The van der Waals surface area contributed by atoms with Crippen LogP contribution in [0.3, 0.4) is 0 Å². The number of anilines is 1. The van der Waals surface area contributed by atoms with Crippen molar-refractivity contribution in [1.29, 1.82) is 0 Å². The number of rotatable bonds is 13. The first-order valence-corrected chi connectivity index (χ1v) is 15.4. The number of hydrogen-bond acceptors (Lipinski definition) is 13. The molecule has 1 aliphatic heterocycles. The van der Waals surface area contributed by atoms with Gasteiger partial charge in [0.2, 0.25) is 11.5 Å². The first-order valence-electron chi connectivity index (χ1n) is 12.6. The van der Waals surface area contributed by atoms with Gasteiger partial charge in [-0.25, -0.2) is 14.1 Å². The van der Waals surface area contributed by atoms with Crippen LogP contribution in [0.25, 0.3) is 0 Å². The summed E-state index contributed by atoms with van der Waals surface area (Å²) in [5, 5.41) is 20.7. The summed E-state index contributed by atoms with van der Waals surface area (Å²) in [4.78, 5) is 70.1. The zero-order valence-corrected chi connectivity index (χ0v) is 28.9. The van der Waals surface area contributed by atoms with Crippen LogP contribution in [0.4, 0.5) is 10.8 Å². The second-order valence-corrected chi connectivity index (χ2v) is 12.5. The van der Waals surface area contributed by atoms with E-state index in [1.54, 1.807) is 13.8 Å². The quantitative estimate of drug-likeness (QED) is 0.0325. The van der Waals surface area contributed by atoms with Crippen LogP contribution in [-0.4, -0.2) is 80.2 Å². The maximum Gasteiger partial charge on any atom is 1.00 e. The fraction of sp³-hybridized carbons (Fsp3) is 0.417. The molecule has 1 aromatic carbocycles. The summed E-state index contributed by atoms with van der Waals surface area (Å²) in [5.74, 6) is -4.56. The summed E-state index contributed by atoms with van der Waals surface area (Å²) in [7, 11) is -4.90. The van der Waals surface area contributed by atoms with Gasteiger partial charge < -0.3 is 21.6 Å². The monoisotopic (exact) mass is 698 g/mol. The van der Waals surface area contributed by atoms with Gasteiger partial charge in [-0.05, 0) is 37.5 Å². The van der Waals surface area contributed by atoms with E-state index in [0.29, 0.717) is 5.56 Å². The summed E-state index contributed by atoms with van der Waals surface area (Å²) in [5.41, 5.74) is -2.20. The number of non-ortho nitro benzene ring substituents is 1. The first kappa shape index (κ1) is 38.0. The Bertz CT molecular complexity index is 1610. The topological polar surface area (TPSA) is 237 Å². The number of thiazole rings is 1. The minimum absolute atomic E-state index is 0. The number of nitrogens with zero attached hydrogens (tertiary/aromatic N) is 4. The number of β-lactam (4-membered cyclic amide) rings is 1. The van der Waals surface area contributed by atoms with E-state index in [4.69, 9.17) is 21.2 Å². The van der Waals surface area contributed by atoms with Gasteiger partial charge >= 0.3 is 45.8 Å². The molecule has 0 aliphatic carbocycles. The van der Waals surface area contributed by atoms with E-state index in [9.17, 15) is 42.3 Å². The fourth-order valence-corrected chi connectivity index (χ4v) is 5.59. The smallest absolute Gasteiger partial charge is 1.00 e. The minimum Gasteiger partial charge on any atom is -1.00 e. The van der Waals surface area contributed by atoms with Gasteiger partial charge in [-0.1, -0.05) is 19.0 Å². The molecule has 2 unspecified atom stereocenters. The van der Waals surface area contributed by atoms with Crippen LogP contribution in [0.5, 0.6) is 0 Å². The second-order valence-electron chi connectivity index (χ2n) is 10.1. The number of nitro groups is 1. The van der Waals surface area contributed by atoms with E-state index < -0.39 is 68.2 Å². The van der Waals surface area contributed by atoms with Gasteiger partial charge in [0.25, 0.3) is 17.5 Å². The number of carbonyl (C=O) groups excluding carboxylic acids is 4. The molecule has 240 valence electrons. The summed E-state index contributed by atoms with van der Waals surface area (Å²) >= 11 is 6.40. The van der Waals surface area contributed by atoms with Crippen molar-refractivity contribution >= 4 is 73.5 Å². The van der Waals surface area contributed by atoms with E-state index in [-0.39, 0.29) is 64.3 Å². The van der Waals surface area contributed by atoms with Crippen molar-refractivity contribution in [3.05, 3.63) is 51.0 Å². The molecular weight excluding hydrogens is 671 g/mol. The summed E-state index contributed by atoms with van der Waals surface area (Å²) in [6.45, 7) is 5.45. The molecule has 1 fully saturated rings. The Kier molecular flexibility index (Phi) is 13.0. The van der Waals surface area contributed by atoms with Crippen molar-refractivity contribution in [3.63, 3.8) is 0 Å². The van der Waals surface area contributed by atoms with Gasteiger partial charge in [0, 0.05) is 17.5 Å². The average Bonchev–Trinajstić information content (AvgIpc) is 3.39.